The van der Waals surface area contributed by atoms with Crippen molar-refractivity contribution in [3.05, 3.63) is 63.1 Å². The molecule has 0 atom stereocenters. The molecular weight excluding hydrogens is 435 g/mol. The lowest BCUT2D eigenvalue weighted by Crippen LogP contribution is -2.47. The molecule has 31 heavy (non-hydrogen) atoms. The molecule has 0 bridgehead atoms. The molecule has 0 unspecified atom stereocenters. The second-order valence-corrected chi connectivity index (χ2v) is 9.85. The zero-order chi connectivity index (χ0) is 22.6. The van der Waals surface area contributed by atoms with E-state index in [1.807, 2.05) is 45.9 Å². The van der Waals surface area contributed by atoms with E-state index in [1.54, 1.807) is 6.07 Å². The molecule has 164 valence electrons. The molecule has 2 aliphatic rings. The maximum Gasteiger partial charge on any atom is 0.340 e. The van der Waals surface area contributed by atoms with Crippen LogP contribution in [0.15, 0.2) is 42.0 Å². The highest BCUT2D eigenvalue weighted by atomic mass is 35.5. The van der Waals surface area contributed by atoms with Crippen molar-refractivity contribution in [2.75, 3.05) is 7.11 Å². The Morgan fingerprint density at radius 1 is 1.03 bits per heavy atom. The van der Waals surface area contributed by atoms with Crippen molar-refractivity contribution in [2.45, 2.75) is 57.8 Å². The van der Waals surface area contributed by atoms with E-state index in [0.29, 0.717) is 27.3 Å². The third kappa shape index (κ3) is 4.34. The second kappa shape index (κ2) is 7.84. The smallest absolute Gasteiger partial charge is 0.340 e. The monoisotopic (exact) mass is 460 g/mol. The number of carbonyl (C=O) groups excluding carboxylic acids is 1. The molecule has 0 aromatic heterocycles. The highest BCUT2D eigenvalue weighted by Crippen LogP contribution is 2.49. The van der Waals surface area contributed by atoms with Crippen molar-refractivity contribution in [1.29, 1.82) is 0 Å². The molecule has 2 aromatic rings. The molecule has 0 spiro atoms. The van der Waals surface area contributed by atoms with Gasteiger partial charge in [-0.2, -0.15) is 0 Å². The molecule has 1 heterocycles. The van der Waals surface area contributed by atoms with Crippen LogP contribution in [0.5, 0.6) is 0 Å². The third-order valence-electron chi connectivity index (χ3n) is 5.62. The summed E-state index contributed by atoms with van der Waals surface area (Å²) in [5.41, 5.74) is 3.29. The van der Waals surface area contributed by atoms with E-state index in [4.69, 9.17) is 37.4 Å². The van der Waals surface area contributed by atoms with E-state index in [1.165, 1.54) is 7.11 Å². The largest absolute Gasteiger partial charge is 0.465 e. The first kappa shape index (κ1) is 22.2. The normalized spacial score (nSPS) is 19.7. The van der Waals surface area contributed by atoms with E-state index in [0.717, 1.165) is 35.1 Å². The first-order valence-electron chi connectivity index (χ1n) is 10.3. The lowest BCUT2D eigenvalue weighted by atomic mass is 9.88. The summed E-state index contributed by atoms with van der Waals surface area (Å²) in [6.45, 7) is 7.42. The Hall–Kier alpha value is -2.01. The summed E-state index contributed by atoms with van der Waals surface area (Å²) in [4.78, 5) is 12.8. The molecule has 6 heteroatoms. The van der Waals surface area contributed by atoms with Gasteiger partial charge in [-0.3, -0.25) is 0 Å². The van der Waals surface area contributed by atoms with Gasteiger partial charge in [0.05, 0.1) is 7.11 Å². The first-order valence-corrected chi connectivity index (χ1v) is 11.1. The summed E-state index contributed by atoms with van der Waals surface area (Å²) in [6.07, 6.45) is 2.22. The molecule has 0 radical (unpaired) electrons. The van der Waals surface area contributed by atoms with Crippen molar-refractivity contribution in [1.82, 2.24) is 0 Å². The zero-order valence-corrected chi connectivity index (χ0v) is 19.9. The summed E-state index contributed by atoms with van der Waals surface area (Å²) < 4.78 is 17.5. The predicted octanol–water partition coefficient (Wildman–Crippen LogP) is 6.98. The minimum Gasteiger partial charge on any atom is -0.465 e. The van der Waals surface area contributed by atoms with Crippen LogP contribution in [-0.4, -0.2) is 24.5 Å². The number of methoxy groups -OCH3 is 1. The molecule has 4 nitrogen and oxygen atoms in total. The number of carbonyl (C=O) groups is 1. The average Bonchev–Trinajstić information content (AvgIpc) is 3.50. The van der Waals surface area contributed by atoms with Crippen molar-refractivity contribution in [3.63, 3.8) is 0 Å². The molecular formula is C25H26Cl2O4. The maximum atomic E-state index is 12.8. The fourth-order valence-corrected chi connectivity index (χ4v) is 4.80. The minimum absolute atomic E-state index is 0.371. The van der Waals surface area contributed by atoms with E-state index >= 15 is 0 Å². The molecule has 1 fully saturated rings. The number of esters is 1. The maximum absolute atomic E-state index is 12.8. The Kier molecular flexibility index (Phi) is 5.61. The van der Waals surface area contributed by atoms with E-state index < -0.39 is 17.4 Å². The van der Waals surface area contributed by atoms with Crippen LogP contribution in [-0.2, 0) is 19.0 Å². The van der Waals surface area contributed by atoms with Crippen molar-refractivity contribution in [3.8, 4) is 11.1 Å². The fourth-order valence-electron chi connectivity index (χ4n) is 4.28. The number of halogens is 2. The van der Waals surface area contributed by atoms with Gasteiger partial charge in [0.2, 0.25) is 5.79 Å². The SMILES string of the molecule is COC(=O)C1=C(c2cc(-c3ccc(Cl)cc3Cl)ccc2C2CC2)OC(C)(C)OC1(C)C. The Morgan fingerprint density at radius 2 is 1.74 bits per heavy atom. The van der Waals surface area contributed by atoms with Crippen molar-refractivity contribution < 1.29 is 19.0 Å². The van der Waals surface area contributed by atoms with Crippen LogP contribution < -0.4 is 0 Å². The van der Waals surface area contributed by atoms with Crippen LogP contribution >= 0.6 is 23.2 Å². The Balaban J connectivity index is 1.97. The van der Waals surface area contributed by atoms with Gasteiger partial charge in [0.1, 0.15) is 16.9 Å². The standard InChI is InChI=1S/C25H26Cl2O4/c1-24(2)21(23(28)29-5)22(30-25(3,4)31-24)19-12-15(8-10-17(19)14-6-7-14)18-11-9-16(26)13-20(18)27/h8-14H,6-7H2,1-5H3. The molecule has 0 N–H and O–H groups in total. The number of hydrogen-bond acceptors (Lipinski definition) is 4. The van der Waals surface area contributed by atoms with Crippen LogP contribution in [0, 0.1) is 0 Å². The van der Waals surface area contributed by atoms with E-state index in [-0.39, 0.29) is 0 Å². The Morgan fingerprint density at radius 3 is 2.35 bits per heavy atom. The number of hydrogen-bond donors (Lipinski definition) is 0. The lowest BCUT2D eigenvalue weighted by Gasteiger charge is -2.43. The molecule has 2 aromatic carbocycles. The Bertz CT molecular complexity index is 1080. The average molecular weight is 461 g/mol. The Labute approximate surface area is 193 Å². The van der Waals surface area contributed by atoms with Gasteiger partial charge >= 0.3 is 5.97 Å². The molecule has 1 aliphatic heterocycles. The number of benzene rings is 2. The summed E-state index contributed by atoms with van der Waals surface area (Å²) in [7, 11) is 1.37. The highest BCUT2D eigenvalue weighted by molar-refractivity contribution is 6.36. The fraction of sp³-hybridized carbons (Fsp3) is 0.400. The van der Waals surface area contributed by atoms with Crippen LogP contribution in [0.2, 0.25) is 10.0 Å². The molecule has 1 saturated carbocycles. The van der Waals surface area contributed by atoms with Gasteiger partial charge in [0.25, 0.3) is 0 Å². The molecule has 0 amide bonds. The summed E-state index contributed by atoms with van der Waals surface area (Å²) in [6, 6.07) is 11.6. The predicted molar refractivity (Wildman–Crippen MR) is 123 cm³/mol. The van der Waals surface area contributed by atoms with Gasteiger partial charge in [0, 0.05) is 35.0 Å². The zero-order valence-electron chi connectivity index (χ0n) is 18.3. The summed E-state index contributed by atoms with van der Waals surface area (Å²) >= 11 is 12.6. The number of rotatable bonds is 4. The van der Waals surface area contributed by atoms with Crippen LogP contribution in [0.25, 0.3) is 16.9 Å². The van der Waals surface area contributed by atoms with E-state index in [2.05, 4.69) is 12.1 Å². The van der Waals surface area contributed by atoms with Gasteiger partial charge in [-0.15, -0.1) is 0 Å². The second-order valence-electron chi connectivity index (χ2n) is 9.01. The van der Waals surface area contributed by atoms with Crippen LogP contribution in [0.3, 0.4) is 0 Å². The van der Waals surface area contributed by atoms with Gasteiger partial charge in [-0.05, 0) is 61.9 Å². The van der Waals surface area contributed by atoms with Crippen LogP contribution in [0.1, 0.15) is 57.6 Å². The van der Waals surface area contributed by atoms with Crippen molar-refractivity contribution >= 4 is 34.9 Å². The summed E-state index contributed by atoms with van der Waals surface area (Å²) in [5, 5.41) is 1.14. The third-order valence-corrected chi connectivity index (χ3v) is 6.17. The van der Waals surface area contributed by atoms with Gasteiger partial charge in [0.15, 0.2) is 0 Å². The van der Waals surface area contributed by atoms with E-state index in [9.17, 15) is 4.79 Å². The summed E-state index contributed by atoms with van der Waals surface area (Å²) in [5.74, 6) is -0.437. The molecule has 1 aliphatic carbocycles. The highest BCUT2D eigenvalue weighted by Gasteiger charge is 2.46. The quantitative estimate of drug-likeness (QED) is 0.461. The van der Waals surface area contributed by atoms with Gasteiger partial charge < -0.3 is 14.2 Å². The lowest BCUT2D eigenvalue weighted by molar-refractivity contribution is -0.236. The van der Waals surface area contributed by atoms with Gasteiger partial charge in [-0.1, -0.05) is 41.4 Å². The first-order chi connectivity index (χ1) is 14.5. The van der Waals surface area contributed by atoms with Gasteiger partial charge in [-0.25, -0.2) is 4.79 Å². The molecule has 4 rings (SSSR count). The van der Waals surface area contributed by atoms with Crippen LogP contribution in [0.4, 0.5) is 0 Å². The minimum atomic E-state index is -0.912. The van der Waals surface area contributed by atoms with Crippen molar-refractivity contribution in [2.24, 2.45) is 0 Å². The number of ether oxygens (including phenoxy) is 3. The molecule has 0 saturated heterocycles. The topological polar surface area (TPSA) is 44.8 Å².